The first-order chi connectivity index (χ1) is 6.24. The van der Waals surface area contributed by atoms with Crippen LogP contribution in [0.1, 0.15) is 48.0 Å². The molecule has 86 valence electrons. The number of rotatable bonds is 5. The van der Waals surface area contributed by atoms with Crippen molar-refractivity contribution in [3.05, 3.63) is 0 Å². The molecule has 0 aromatic heterocycles. The molecule has 1 N–H and O–H groups in total. The second-order valence-electron chi connectivity index (χ2n) is 5.57. The van der Waals surface area contributed by atoms with E-state index in [0.29, 0.717) is 12.1 Å². The molecule has 0 heterocycles. The van der Waals surface area contributed by atoms with E-state index in [9.17, 15) is 0 Å². The van der Waals surface area contributed by atoms with Gasteiger partial charge in [-0.2, -0.15) is 0 Å². The first kappa shape index (κ1) is 13.9. The van der Waals surface area contributed by atoms with Crippen LogP contribution in [-0.4, -0.2) is 36.1 Å². The number of nitrogens with zero attached hydrogens (tertiary/aromatic N) is 1. The molecule has 0 spiro atoms. The lowest BCUT2D eigenvalue weighted by molar-refractivity contribution is 0.195. The van der Waals surface area contributed by atoms with Crippen LogP contribution in [0.3, 0.4) is 0 Å². The van der Waals surface area contributed by atoms with Gasteiger partial charge in [0.15, 0.2) is 0 Å². The Morgan fingerprint density at radius 2 is 1.64 bits per heavy atom. The zero-order valence-electron chi connectivity index (χ0n) is 11.0. The average molecular weight is 200 g/mol. The highest BCUT2D eigenvalue weighted by Gasteiger charge is 2.13. The van der Waals surface area contributed by atoms with E-state index < -0.39 is 0 Å². The van der Waals surface area contributed by atoms with E-state index in [1.807, 2.05) is 0 Å². The van der Waals surface area contributed by atoms with Crippen LogP contribution in [0.2, 0.25) is 0 Å². The molecular weight excluding hydrogens is 172 g/mol. The van der Waals surface area contributed by atoms with Gasteiger partial charge in [0.2, 0.25) is 0 Å². The zero-order valence-corrected chi connectivity index (χ0v) is 11.0. The highest BCUT2D eigenvalue weighted by molar-refractivity contribution is 4.73. The minimum atomic E-state index is 0.246. The van der Waals surface area contributed by atoms with Crippen LogP contribution < -0.4 is 5.32 Å². The molecule has 0 saturated heterocycles. The molecule has 2 heteroatoms. The molecule has 0 bridgehead atoms. The number of hydrogen-bond acceptors (Lipinski definition) is 2. The normalized spacial score (nSPS) is 15.2. The van der Waals surface area contributed by atoms with Gasteiger partial charge in [-0.3, -0.25) is 0 Å². The zero-order chi connectivity index (χ0) is 11.4. The van der Waals surface area contributed by atoms with E-state index in [1.165, 1.54) is 6.42 Å². The van der Waals surface area contributed by atoms with Gasteiger partial charge in [-0.25, -0.2) is 0 Å². The molecular formula is C12H28N2. The van der Waals surface area contributed by atoms with Crippen molar-refractivity contribution in [3.63, 3.8) is 0 Å². The van der Waals surface area contributed by atoms with Crippen LogP contribution >= 0.6 is 0 Å². The Hall–Kier alpha value is -0.0800. The van der Waals surface area contributed by atoms with Gasteiger partial charge in [0.1, 0.15) is 0 Å². The van der Waals surface area contributed by atoms with Crippen molar-refractivity contribution in [2.45, 2.75) is 65.6 Å². The highest BCUT2D eigenvalue weighted by atomic mass is 15.1. The van der Waals surface area contributed by atoms with Crippen molar-refractivity contribution in [2.75, 3.05) is 13.6 Å². The maximum atomic E-state index is 3.52. The van der Waals surface area contributed by atoms with Gasteiger partial charge >= 0.3 is 0 Å². The molecule has 1 atom stereocenters. The monoisotopic (exact) mass is 200 g/mol. The van der Waals surface area contributed by atoms with Crippen LogP contribution in [0.4, 0.5) is 0 Å². The topological polar surface area (TPSA) is 15.3 Å². The molecule has 0 radical (unpaired) electrons. The minimum Gasteiger partial charge on any atom is -0.312 e. The molecule has 0 aliphatic heterocycles. The molecule has 0 amide bonds. The average Bonchev–Trinajstić information content (AvgIpc) is 2.00. The lowest BCUT2D eigenvalue weighted by Crippen LogP contribution is -2.41. The van der Waals surface area contributed by atoms with Crippen molar-refractivity contribution in [1.29, 1.82) is 0 Å². The molecule has 0 aliphatic carbocycles. The fourth-order valence-electron chi connectivity index (χ4n) is 1.37. The highest BCUT2D eigenvalue weighted by Crippen LogP contribution is 2.06. The Bertz CT molecular complexity index is 147. The number of nitrogens with one attached hydrogen (secondary N) is 1. The summed E-state index contributed by atoms with van der Waals surface area (Å²) in [5.41, 5.74) is 0.246. The molecule has 0 aromatic rings. The van der Waals surface area contributed by atoms with Gasteiger partial charge in [0.05, 0.1) is 0 Å². The van der Waals surface area contributed by atoms with E-state index in [2.05, 4.69) is 58.8 Å². The van der Waals surface area contributed by atoms with Crippen molar-refractivity contribution >= 4 is 0 Å². The Morgan fingerprint density at radius 1 is 1.14 bits per heavy atom. The van der Waals surface area contributed by atoms with Gasteiger partial charge in [-0.1, -0.05) is 0 Å². The van der Waals surface area contributed by atoms with E-state index in [4.69, 9.17) is 0 Å². The first-order valence-corrected chi connectivity index (χ1v) is 5.71. The fraction of sp³-hybridized carbons (Fsp3) is 1.00. The summed E-state index contributed by atoms with van der Waals surface area (Å²) in [5.74, 6) is 0. The van der Waals surface area contributed by atoms with Gasteiger partial charge in [0.25, 0.3) is 0 Å². The van der Waals surface area contributed by atoms with E-state index in [1.54, 1.807) is 0 Å². The van der Waals surface area contributed by atoms with Crippen molar-refractivity contribution in [3.8, 4) is 0 Å². The standard InChI is InChI=1S/C12H28N2/c1-10(2)14(7)11(3)8-9-13-12(4,5)6/h10-11,13H,8-9H2,1-7H3. The van der Waals surface area contributed by atoms with Gasteiger partial charge in [-0.05, 0) is 61.6 Å². The molecule has 0 aromatic carbocycles. The molecule has 0 aliphatic rings. The van der Waals surface area contributed by atoms with E-state index in [-0.39, 0.29) is 5.54 Å². The second kappa shape index (κ2) is 5.72. The first-order valence-electron chi connectivity index (χ1n) is 5.71. The Balaban J connectivity index is 3.69. The van der Waals surface area contributed by atoms with E-state index in [0.717, 1.165) is 6.54 Å². The quantitative estimate of drug-likeness (QED) is 0.733. The summed E-state index contributed by atoms with van der Waals surface area (Å²) in [5, 5.41) is 3.52. The molecule has 0 rings (SSSR count). The third-order valence-corrected chi connectivity index (χ3v) is 2.73. The largest absolute Gasteiger partial charge is 0.312 e. The van der Waals surface area contributed by atoms with Crippen LogP contribution in [0.15, 0.2) is 0 Å². The van der Waals surface area contributed by atoms with Crippen LogP contribution in [0.25, 0.3) is 0 Å². The van der Waals surface area contributed by atoms with Crippen LogP contribution in [0, 0.1) is 0 Å². The summed E-state index contributed by atoms with van der Waals surface area (Å²) < 4.78 is 0. The van der Waals surface area contributed by atoms with E-state index >= 15 is 0 Å². The SMILES string of the molecule is CC(C)N(C)C(C)CCNC(C)(C)C. The molecule has 14 heavy (non-hydrogen) atoms. The molecule has 0 saturated carbocycles. The Kier molecular flexibility index (Phi) is 5.68. The summed E-state index contributed by atoms with van der Waals surface area (Å²) in [6.45, 7) is 14.5. The maximum absolute atomic E-state index is 3.52. The van der Waals surface area contributed by atoms with Gasteiger partial charge in [-0.15, -0.1) is 0 Å². The van der Waals surface area contributed by atoms with Crippen LogP contribution in [0.5, 0.6) is 0 Å². The number of hydrogen-bond donors (Lipinski definition) is 1. The van der Waals surface area contributed by atoms with Gasteiger partial charge in [0, 0.05) is 17.6 Å². The Labute approximate surface area is 90.1 Å². The van der Waals surface area contributed by atoms with Gasteiger partial charge < -0.3 is 10.2 Å². The van der Waals surface area contributed by atoms with Crippen molar-refractivity contribution < 1.29 is 0 Å². The predicted molar refractivity (Wildman–Crippen MR) is 64.7 cm³/mol. The third-order valence-electron chi connectivity index (χ3n) is 2.73. The maximum Gasteiger partial charge on any atom is 0.00965 e. The smallest absolute Gasteiger partial charge is 0.00965 e. The summed E-state index contributed by atoms with van der Waals surface area (Å²) in [6, 6.07) is 1.30. The van der Waals surface area contributed by atoms with Crippen LogP contribution in [-0.2, 0) is 0 Å². The summed E-state index contributed by atoms with van der Waals surface area (Å²) >= 11 is 0. The molecule has 1 unspecified atom stereocenters. The summed E-state index contributed by atoms with van der Waals surface area (Å²) in [6.07, 6.45) is 1.21. The fourth-order valence-corrected chi connectivity index (χ4v) is 1.37. The summed E-state index contributed by atoms with van der Waals surface area (Å²) in [7, 11) is 2.20. The minimum absolute atomic E-state index is 0.246. The molecule has 0 fully saturated rings. The lowest BCUT2D eigenvalue weighted by Gasteiger charge is -2.30. The Morgan fingerprint density at radius 3 is 2.00 bits per heavy atom. The lowest BCUT2D eigenvalue weighted by atomic mass is 10.1. The molecule has 2 nitrogen and oxygen atoms in total. The summed E-state index contributed by atoms with van der Waals surface area (Å²) in [4.78, 5) is 2.42. The second-order valence-corrected chi connectivity index (χ2v) is 5.57. The predicted octanol–water partition coefficient (Wildman–Crippen LogP) is 2.49. The van der Waals surface area contributed by atoms with Crippen molar-refractivity contribution in [2.24, 2.45) is 0 Å². The third kappa shape index (κ3) is 6.39. The van der Waals surface area contributed by atoms with Crippen molar-refractivity contribution in [1.82, 2.24) is 10.2 Å².